The third-order valence-electron chi connectivity index (χ3n) is 2.59. The number of carbonyl (C=O) groups is 2. The Morgan fingerprint density at radius 3 is 2.33 bits per heavy atom. The summed E-state index contributed by atoms with van der Waals surface area (Å²) in [7, 11) is 1.67. The molecule has 0 aromatic carbocycles. The zero-order valence-corrected chi connectivity index (χ0v) is 11.6. The minimum absolute atomic E-state index is 0.329. The summed E-state index contributed by atoms with van der Waals surface area (Å²) in [6.45, 7) is 5.26. The van der Waals surface area contributed by atoms with Crippen molar-refractivity contribution >= 4 is 23.5 Å². The maximum absolute atomic E-state index is 12.0. The Morgan fingerprint density at radius 1 is 1.44 bits per heavy atom. The van der Waals surface area contributed by atoms with Gasteiger partial charge in [0.2, 0.25) is 0 Å². The van der Waals surface area contributed by atoms with E-state index in [9.17, 15) is 9.59 Å². The molecule has 0 spiro atoms. The van der Waals surface area contributed by atoms with E-state index >= 15 is 0 Å². The molecule has 0 bridgehead atoms. The minimum Gasteiger partial charge on any atom is -0.480 e. The highest BCUT2D eigenvalue weighted by atomic mass is 35.5. The molecular formula is C12H17ClN2O3. The van der Waals surface area contributed by atoms with E-state index in [0.29, 0.717) is 10.7 Å². The molecule has 0 radical (unpaired) electrons. The highest BCUT2D eigenvalue weighted by Crippen LogP contribution is 2.20. The molecule has 18 heavy (non-hydrogen) atoms. The van der Waals surface area contributed by atoms with Crippen molar-refractivity contribution in [1.29, 1.82) is 0 Å². The Hall–Kier alpha value is -1.49. The summed E-state index contributed by atoms with van der Waals surface area (Å²) in [6, 6.07) is 0.539. The number of carboxylic acid groups (broad SMARTS) is 1. The SMILES string of the molecule is Cn1cc(Cl)cc1C(=O)NC(C(=O)O)C(C)(C)C. The van der Waals surface area contributed by atoms with Crippen LogP contribution in [0.25, 0.3) is 0 Å². The largest absolute Gasteiger partial charge is 0.480 e. The van der Waals surface area contributed by atoms with Crippen LogP contribution in [0.2, 0.25) is 5.02 Å². The molecule has 6 heteroatoms. The summed E-state index contributed by atoms with van der Waals surface area (Å²) in [6.07, 6.45) is 1.59. The van der Waals surface area contributed by atoms with Gasteiger partial charge < -0.3 is 15.0 Å². The Balaban J connectivity index is 2.93. The summed E-state index contributed by atoms with van der Waals surface area (Å²) >= 11 is 5.78. The lowest BCUT2D eigenvalue weighted by atomic mass is 9.86. The molecule has 100 valence electrons. The molecule has 0 aliphatic carbocycles. The topological polar surface area (TPSA) is 71.3 Å². The van der Waals surface area contributed by atoms with Gasteiger partial charge in [-0.2, -0.15) is 0 Å². The van der Waals surface area contributed by atoms with E-state index in [1.54, 1.807) is 38.6 Å². The summed E-state index contributed by atoms with van der Waals surface area (Å²) in [5.74, 6) is -1.51. The van der Waals surface area contributed by atoms with Gasteiger partial charge in [-0.05, 0) is 11.5 Å². The fourth-order valence-corrected chi connectivity index (χ4v) is 1.85. The first-order valence-electron chi connectivity index (χ1n) is 5.48. The molecule has 0 saturated carbocycles. The smallest absolute Gasteiger partial charge is 0.326 e. The third-order valence-corrected chi connectivity index (χ3v) is 2.80. The normalized spacial score (nSPS) is 13.2. The van der Waals surface area contributed by atoms with E-state index in [1.807, 2.05) is 0 Å². The molecule has 1 aromatic heterocycles. The molecule has 1 heterocycles. The van der Waals surface area contributed by atoms with Crippen LogP contribution in [0.4, 0.5) is 0 Å². The van der Waals surface area contributed by atoms with Gasteiger partial charge in [0.15, 0.2) is 0 Å². The van der Waals surface area contributed by atoms with E-state index in [0.717, 1.165) is 0 Å². The van der Waals surface area contributed by atoms with Crippen LogP contribution >= 0.6 is 11.6 Å². The second-order valence-corrected chi connectivity index (χ2v) is 5.70. The average Bonchev–Trinajstić information content (AvgIpc) is 2.51. The first kappa shape index (κ1) is 14.6. The second-order valence-electron chi connectivity index (χ2n) is 5.27. The molecule has 0 aliphatic heterocycles. The maximum atomic E-state index is 12.0. The average molecular weight is 273 g/mol. The van der Waals surface area contributed by atoms with Crippen molar-refractivity contribution in [2.75, 3.05) is 0 Å². The second kappa shape index (κ2) is 5.02. The van der Waals surface area contributed by atoms with Crippen LogP contribution in [0.15, 0.2) is 12.3 Å². The summed E-state index contributed by atoms with van der Waals surface area (Å²) in [5.41, 5.74) is -0.244. The highest BCUT2D eigenvalue weighted by Gasteiger charge is 2.33. The molecule has 1 aromatic rings. The number of nitrogens with one attached hydrogen (secondary N) is 1. The van der Waals surface area contributed by atoms with Crippen molar-refractivity contribution in [3.63, 3.8) is 0 Å². The number of hydrogen-bond acceptors (Lipinski definition) is 2. The van der Waals surface area contributed by atoms with Gasteiger partial charge in [-0.3, -0.25) is 4.79 Å². The Labute approximate surface area is 111 Å². The van der Waals surface area contributed by atoms with Crippen LogP contribution in [-0.4, -0.2) is 27.6 Å². The molecule has 0 saturated heterocycles. The fourth-order valence-electron chi connectivity index (χ4n) is 1.60. The van der Waals surface area contributed by atoms with Gasteiger partial charge in [0.25, 0.3) is 5.91 Å². The van der Waals surface area contributed by atoms with Crippen molar-refractivity contribution < 1.29 is 14.7 Å². The van der Waals surface area contributed by atoms with Crippen molar-refractivity contribution in [1.82, 2.24) is 9.88 Å². The van der Waals surface area contributed by atoms with Gasteiger partial charge in [0.1, 0.15) is 11.7 Å². The van der Waals surface area contributed by atoms with Gasteiger partial charge in [0, 0.05) is 13.2 Å². The van der Waals surface area contributed by atoms with Gasteiger partial charge in [0.05, 0.1) is 5.02 Å². The van der Waals surface area contributed by atoms with E-state index in [-0.39, 0.29) is 0 Å². The first-order valence-corrected chi connectivity index (χ1v) is 5.86. The highest BCUT2D eigenvalue weighted by molar-refractivity contribution is 6.31. The van der Waals surface area contributed by atoms with E-state index in [1.165, 1.54) is 6.07 Å². The molecule has 0 aliphatic rings. The Morgan fingerprint density at radius 2 is 2.00 bits per heavy atom. The van der Waals surface area contributed by atoms with Crippen LogP contribution in [-0.2, 0) is 11.8 Å². The molecule has 1 rings (SSSR count). The van der Waals surface area contributed by atoms with E-state index in [4.69, 9.17) is 16.7 Å². The van der Waals surface area contributed by atoms with Crippen molar-refractivity contribution in [3.05, 3.63) is 23.0 Å². The number of nitrogens with zero attached hydrogens (tertiary/aromatic N) is 1. The lowest BCUT2D eigenvalue weighted by Gasteiger charge is -2.27. The lowest BCUT2D eigenvalue weighted by Crippen LogP contribution is -2.49. The monoisotopic (exact) mass is 272 g/mol. The molecule has 2 N–H and O–H groups in total. The van der Waals surface area contributed by atoms with E-state index in [2.05, 4.69) is 5.32 Å². The molecule has 1 atom stereocenters. The van der Waals surface area contributed by atoms with Gasteiger partial charge in [-0.1, -0.05) is 32.4 Å². The Kier molecular flexibility index (Phi) is 4.06. The number of carbonyl (C=O) groups excluding carboxylic acids is 1. The van der Waals surface area contributed by atoms with Crippen LogP contribution in [0, 0.1) is 5.41 Å². The van der Waals surface area contributed by atoms with Crippen LogP contribution in [0.5, 0.6) is 0 Å². The summed E-state index contributed by atoms with van der Waals surface area (Å²) in [5, 5.41) is 12.1. The zero-order chi connectivity index (χ0) is 14.1. The molecule has 0 fully saturated rings. The zero-order valence-electron chi connectivity index (χ0n) is 10.8. The van der Waals surface area contributed by atoms with Crippen LogP contribution in [0.3, 0.4) is 0 Å². The minimum atomic E-state index is -1.06. The predicted octanol–water partition coefficient (Wildman–Crippen LogP) is 1.91. The van der Waals surface area contributed by atoms with Crippen LogP contribution < -0.4 is 5.32 Å². The predicted molar refractivity (Wildman–Crippen MR) is 68.8 cm³/mol. The first-order chi connectivity index (χ1) is 8.12. The maximum Gasteiger partial charge on any atom is 0.326 e. The van der Waals surface area contributed by atoms with Crippen molar-refractivity contribution in [3.8, 4) is 0 Å². The van der Waals surface area contributed by atoms with Crippen molar-refractivity contribution in [2.24, 2.45) is 12.5 Å². The quantitative estimate of drug-likeness (QED) is 0.883. The fraction of sp³-hybridized carbons (Fsp3) is 0.500. The van der Waals surface area contributed by atoms with Gasteiger partial charge in [-0.25, -0.2) is 4.79 Å². The number of amides is 1. The summed E-state index contributed by atoms with van der Waals surface area (Å²) < 4.78 is 1.55. The number of aryl methyl sites for hydroxylation is 1. The third kappa shape index (κ3) is 3.26. The lowest BCUT2D eigenvalue weighted by molar-refractivity contribution is -0.142. The number of halogens is 1. The molecule has 5 nitrogen and oxygen atoms in total. The Bertz CT molecular complexity index is 474. The standard InChI is InChI=1S/C12H17ClN2O3/c1-12(2,3)9(11(17)18)14-10(16)8-5-7(13)6-15(8)4/h5-6,9H,1-4H3,(H,14,16)(H,17,18). The number of hydrogen-bond donors (Lipinski definition) is 2. The number of rotatable bonds is 3. The van der Waals surface area contributed by atoms with Crippen LogP contribution in [0.1, 0.15) is 31.3 Å². The number of carboxylic acids is 1. The number of aromatic nitrogens is 1. The summed E-state index contributed by atoms with van der Waals surface area (Å²) in [4.78, 5) is 23.1. The van der Waals surface area contributed by atoms with Gasteiger partial charge >= 0.3 is 5.97 Å². The number of aliphatic carboxylic acids is 1. The van der Waals surface area contributed by atoms with Gasteiger partial charge in [-0.15, -0.1) is 0 Å². The molecule has 1 amide bonds. The van der Waals surface area contributed by atoms with Crippen molar-refractivity contribution in [2.45, 2.75) is 26.8 Å². The van der Waals surface area contributed by atoms with E-state index < -0.39 is 23.3 Å². The molecule has 1 unspecified atom stereocenters. The molecular weight excluding hydrogens is 256 g/mol.